The lowest BCUT2D eigenvalue weighted by Gasteiger charge is -2.35. The van der Waals surface area contributed by atoms with Crippen molar-refractivity contribution >= 4 is 16.9 Å². The summed E-state index contributed by atoms with van der Waals surface area (Å²) in [6.45, 7) is 6.28. The second kappa shape index (κ2) is 9.08. The van der Waals surface area contributed by atoms with Gasteiger partial charge in [-0.25, -0.2) is 4.79 Å². The van der Waals surface area contributed by atoms with Gasteiger partial charge >= 0.3 is 5.97 Å². The lowest BCUT2D eigenvalue weighted by atomic mass is 9.92. The van der Waals surface area contributed by atoms with E-state index in [1.807, 2.05) is 18.3 Å². The van der Waals surface area contributed by atoms with Gasteiger partial charge < -0.3 is 15.2 Å². The topological polar surface area (TPSA) is 76.6 Å². The van der Waals surface area contributed by atoms with Gasteiger partial charge in [-0.05, 0) is 73.6 Å². The molecule has 3 aromatic rings. The highest BCUT2D eigenvalue weighted by Gasteiger charge is 2.25. The molecule has 0 saturated carbocycles. The van der Waals surface area contributed by atoms with Crippen LogP contribution in [-0.4, -0.2) is 39.2 Å². The van der Waals surface area contributed by atoms with Crippen molar-refractivity contribution in [3.63, 3.8) is 0 Å². The number of carbonyl (C=O) groups is 1. The number of H-pyrrole nitrogens is 1. The molecule has 0 unspecified atom stereocenters. The first-order valence-corrected chi connectivity index (χ1v) is 10.9. The minimum Gasteiger partial charge on any atom is -0.478 e. The Morgan fingerprint density at radius 1 is 1.16 bits per heavy atom. The number of aryl methyl sites for hydroxylation is 2. The number of hydrogen-bond donors (Lipinski definition) is 3. The van der Waals surface area contributed by atoms with Crippen molar-refractivity contribution in [2.75, 3.05) is 13.2 Å². The van der Waals surface area contributed by atoms with Crippen molar-refractivity contribution < 1.29 is 15.0 Å². The molecule has 3 N–H and O–H groups in total. The first-order chi connectivity index (χ1) is 15.0. The van der Waals surface area contributed by atoms with Crippen molar-refractivity contribution in [2.24, 2.45) is 0 Å². The molecule has 0 aliphatic carbocycles. The van der Waals surface area contributed by atoms with Gasteiger partial charge in [0.2, 0.25) is 0 Å². The molecule has 5 nitrogen and oxygen atoms in total. The summed E-state index contributed by atoms with van der Waals surface area (Å²) in [5.74, 6) is -0.906. The van der Waals surface area contributed by atoms with E-state index in [0.717, 1.165) is 37.9 Å². The summed E-state index contributed by atoms with van der Waals surface area (Å²) in [6.07, 6.45) is 6.99. The quantitative estimate of drug-likeness (QED) is 0.465. The van der Waals surface area contributed by atoms with E-state index in [1.165, 1.54) is 33.2 Å². The fourth-order valence-electron chi connectivity index (χ4n) is 4.72. The zero-order chi connectivity index (χ0) is 22.0. The van der Waals surface area contributed by atoms with Crippen LogP contribution in [0.1, 0.15) is 57.9 Å². The van der Waals surface area contributed by atoms with Gasteiger partial charge in [-0.2, -0.15) is 0 Å². The zero-order valence-electron chi connectivity index (χ0n) is 18.2. The summed E-state index contributed by atoms with van der Waals surface area (Å²) in [7, 11) is 0. The van der Waals surface area contributed by atoms with Crippen LogP contribution in [0.5, 0.6) is 0 Å². The molecule has 0 spiro atoms. The van der Waals surface area contributed by atoms with Crippen LogP contribution in [-0.2, 0) is 6.54 Å². The van der Waals surface area contributed by atoms with Crippen LogP contribution in [0.3, 0.4) is 0 Å². The Labute approximate surface area is 183 Å². The maximum Gasteiger partial charge on any atom is 0.335 e. The van der Waals surface area contributed by atoms with E-state index in [1.54, 1.807) is 12.1 Å². The Balaban J connectivity index is 1.69. The molecule has 1 atom stereocenters. The number of nitrogens with zero attached hydrogens (tertiary/aromatic N) is 1. The third kappa shape index (κ3) is 4.43. The summed E-state index contributed by atoms with van der Waals surface area (Å²) < 4.78 is 0. The second-order valence-corrected chi connectivity index (χ2v) is 8.50. The fraction of sp³-hybridized carbons (Fsp3) is 0.346. The molecule has 4 rings (SSSR count). The second-order valence-electron chi connectivity index (χ2n) is 8.50. The van der Waals surface area contributed by atoms with Crippen LogP contribution in [0.25, 0.3) is 10.9 Å². The molecule has 0 saturated heterocycles. The molecule has 0 fully saturated rings. The largest absolute Gasteiger partial charge is 0.478 e. The number of carboxylic acid groups (broad SMARTS) is 1. The predicted molar refractivity (Wildman–Crippen MR) is 123 cm³/mol. The average molecular weight is 419 g/mol. The summed E-state index contributed by atoms with van der Waals surface area (Å²) in [5.41, 5.74) is 7.84. The minimum atomic E-state index is -0.906. The monoisotopic (exact) mass is 418 g/mol. The van der Waals surface area contributed by atoms with E-state index in [4.69, 9.17) is 0 Å². The van der Waals surface area contributed by atoms with Gasteiger partial charge in [-0.15, -0.1) is 0 Å². The molecular formula is C26H30N2O3. The summed E-state index contributed by atoms with van der Waals surface area (Å²) >= 11 is 0. The van der Waals surface area contributed by atoms with Gasteiger partial charge in [-0.3, -0.25) is 4.90 Å². The van der Waals surface area contributed by atoms with Crippen molar-refractivity contribution in [2.45, 2.75) is 45.7 Å². The molecule has 2 heterocycles. The molecule has 1 aliphatic heterocycles. The van der Waals surface area contributed by atoms with Gasteiger partial charge in [0, 0.05) is 36.8 Å². The van der Waals surface area contributed by atoms with Gasteiger partial charge in [0.1, 0.15) is 0 Å². The number of aliphatic hydroxyl groups is 1. The highest BCUT2D eigenvalue weighted by molar-refractivity contribution is 5.88. The fourth-order valence-corrected chi connectivity index (χ4v) is 4.72. The SMILES string of the molecule is Cc1cc(C)c2[nH]ccc2c1CN1CCC(CCCO)=C[C@@H]1c1ccc(C(=O)O)cc1. The Bertz CT molecular complexity index is 1110. The number of aromatic carboxylic acids is 1. The van der Waals surface area contributed by atoms with Crippen molar-refractivity contribution in [3.05, 3.63) is 82.1 Å². The maximum atomic E-state index is 11.3. The molecular weight excluding hydrogens is 388 g/mol. The molecule has 5 heteroatoms. The van der Waals surface area contributed by atoms with E-state index in [9.17, 15) is 15.0 Å². The highest BCUT2D eigenvalue weighted by atomic mass is 16.4. The van der Waals surface area contributed by atoms with Crippen molar-refractivity contribution in [3.8, 4) is 0 Å². The van der Waals surface area contributed by atoms with Crippen LogP contribution in [0.2, 0.25) is 0 Å². The van der Waals surface area contributed by atoms with Gasteiger partial charge in [-0.1, -0.05) is 29.8 Å². The van der Waals surface area contributed by atoms with Gasteiger partial charge in [0.05, 0.1) is 11.6 Å². The van der Waals surface area contributed by atoms with E-state index in [0.29, 0.717) is 5.56 Å². The number of rotatable bonds is 7. The Hall–Kier alpha value is -2.89. The first-order valence-electron chi connectivity index (χ1n) is 10.9. The standard InChI is InChI=1S/C26H30N2O3/c1-17-14-18(2)25-22(9-11-27-25)23(17)16-28-12-10-19(4-3-13-29)15-24(28)20-5-7-21(8-6-20)26(30)31/h5-9,11,14-15,24,27,29H,3-4,10,12-13,16H2,1-2H3,(H,30,31)/t24-/m1/s1. The lowest BCUT2D eigenvalue weighted by Crippen LogP contribution is -2.32. The number of carboxylic acids is 1. The number of aromatic nitrogens is 1. The highest BCUT2D eigenvalue weighted by Crippen LogP contribution is 2.34. The molecule has 2 aromatic carbocycles. The van der Waals surface area contributed by atoms with Crippen LogP contribution in [0.4, 0.5) is 0 Å². The van der Waals surface area contributed by atoms with E-state index in [2.05, 4.69) is 41.9 Å². The number of fused-ring (bicyclic) bond motifs is 1. The van der Waals surface area contributed by atoms with E-state index >= 15 is 0 Å². The zero-order valence-corrected chi connectivity index (χ0v) is 18.2. The molecule has 0 amide bonds. The minimum absolute atomic E-state index is 0.0833. The number of benzene rings is 2. The normalized spacial score (nSPS) is 17.1. The van der Waals surface area contributed by atoms with Crippen LogP contribution >= 0.6 is 0 Å². The molecule has 0 radical (unpaired) electrons. The van der Waals surface area contributed by atoms with Gasteiger partial charge in [0.25, 0.3) is 0 Å². The smallest absolute Gasteiger partial charge is 0.335 e. The predicted octanol–water partition coefficient (Wildman–Crippen LogP) is 5.13. The van der Waals surface area contributed by atoms with E-state index < -0.39 is 5.97 Å². The summed E-state index contributed by atoms with van der Waals surface area (Å²) in [5, 5.41) is 19.8. The van der Waals surface area contributed by atoms with Crippen LogP contribution < -0.4 is 0 Å². The number of nitrogens with one attached hydrogen (secondary N) is 1. The van der Waals surface area contributed by atoms with Crippen molar-refractivity contribution in [1.29, 1.82) is 0 Å². The summed E-state index contributed by atoms with van der Waals surface area (Å²) in [4.78, 5) is 17.1. The van der Waals surface area contributed by atoms with Crippen molar-refractivity contribution in [1.82, 2.24) is 9.88 Å². The van der Waals surface area contributed by atoms with E-state index in [-0.39, 0.29) is 12.6 Å². The summed E-state index contributed by atoms with van der Waals surface area (Å²) in [6, 6.07) is 11.7. The molecule has 162 valence electrons. The van der Waals surface area contributed by atoms with Crippen LogP contribution in [0.15, 0.2) is 54.2 Å². The Morgan fingerprint density at radius 3 is 2.65 bits per heavy atom. The Morgan fingerprint density at radius 2 is 1.94 bits per heavy atom. The molecule has 0 bridgehead atoms. The number of aromatic amines is 1. The van der Waals surface area contributed by atoms with Crippen LogP contribution in [0, 0.1) is 13.8 Å². The third-order valence-electron chi connectivity index (χ3n) is 6.40. The lowest BCUT2D eigenvalue weighted by molar-refractivity contribution is 0.0697. The Kier molecular flexibility index (Phi) is 6.25. The number of aliphatic hydroxyl groups excluding tert-OH is 1. The molecule has 1 aliphatic rings. The first kappa shape index (κ1) is 21.3. The van der Waals surface area contributed by atoms with Gasteiger partial charge in [0.15, 0.2) is 0 Å². The molecule has 1 aromatic heterocycles. The third-order valence-corrected chi connectivity index (χ3v) is 6.40. The number of hydrogen-bond acceptors (Lipinski definition) is 3. The average Bonchev–Trinajstić information content (AvgIpc) is 3.26. The maximum absolute atomic E-state index is 11.3. The molecule has 31 heavy (non-hydrogen) atoms.